The molecule has 1 saturated heterocycles. The zero-order valence-electron chi connectivity index (χ0n) is 12.8. The van der Waals surface area contributed by atoms with Gasteiger partial charge in [0, 0.05) is 5.56 Å². The third-order valence-electron chi connectivity index (χ3n) is 3.49. The van der Waals surface area contributed by atoms with E-state index in [1.807, 2.05) is 12.1 Å². The van der Waals surface area contributed by atoms with Gasteiger partial charge in [-0.25, -0.2) is 0 Å². The van der Waals surface area contributed by atoms with Crippen molar-refractivity contribution in [3.8, 4) is 5.75 Å². The minimum atomic E-state index is -0.186. The number of aldehydes is 1. The van der Waals surface area contributed by atoms with E-state index in [-0.39, 0.29) is 5.91 Å². The maximum atomic E-state index is 12.7. The van der Waals surface area contributed by atoms with Crippen LogP contribution in [0.4, 0.5) is 5.69 Å². The van der Waals surface area contributed by atoms with Gasteiger partial charge < -0.3 is 4.74 Å². The van der Waals surface area contributed by atoms with E-state index in [4.69, 9.17) is 17.0 Å². The average molecular weight is 355 g/mol. The van der Waals surface area contributed by atoms with Crippen LogP contribution in [0.5, 0.6) is 5.75 Å². The first kappa shape index (κ1) is 16.4. The van der Waals surface area contributed by atoms with Gasteiger partial charge in [-0.15, -0.1) is 0 Å². The Labute approximate surface area is 149 Å². The number of methoxy groups -OCH3 is 1. The van der Waals surface area contributed by atoms with Crippen molar-refractivity contribution in [2.45, 2.75) is 0 Å². The van der Waals surface area contributed by atoms with Crippen molar-refractivity contribution in [1.82, 2.24) is 0 Å². The smallest absolute Gasteiger partial charge is 0.270 e. The summed E-state index contributed by atoms with van der Waals surface area (Å²) in [4.78, 5) is 25.5. The molecule has 0 aromatic heterocycles. The van der Waals surface area contributed by atoms with Gasteiger partial charge in [0.1, 0.15) is 12.0 Å². The van der Waals surface area contributed by atoms with Gasteiger partial charge in [-0.05, 0) is 23.8 Å². The summed E-state index contributed by atoms with van der Waals surface area (Å²) in [6, 6.07) is 14.3. The van der Waals surface area contributed by atoms with Gasteiger partial charge >= 0.3 is 0 Å². The van der Waals surface area contributed by atoms with Crippen molar-refractivity contribution in [2.75, 3.05) is 12.0 Å². The number of rotatable bonds is 4. The van der Waals surface area contributed by atoms with Crippen LogP contribution in [0.25, 0.3) is 6.08 Å². The highest BCUT2D eigenvalue weighted by Crippen LogP contribution is 2.39. The molecular formula is C18H13NO3S2. The highest BCUT2D eigenvalue weighted by molar-refractivity contribution is 8.27. The fourth-order valence-electron chi connectivity index (χ4n) is 2.31. The van der Waals surface area contributed by atoms with Crippen molar-refractivity contribution in [3.05, 3.63) is 64.6 Å². The van der Waals surface area contributed by atoms with Crippen molar-refractivity contribution >= 4 is 52.3 Å². The highest BCUT2D eigenvalue weighted by Gasteiger charge is 2.34. The number of benzene rings is 2. The lowest BCUT2D eigenvalue weighted by Gasteiger charge is -2.17. The quantitative estimate of drug-likeness (QED) is 0.473. The molecule has 2 aromatic carbocycles. The number of para-hydroxylation sites is 2. The Hall–Kier alpha value is -2.44. The Morgan fingerprint density at radius 2 is 1.75 bits per heavy atom. The summed E-state index contributed by atoms with van der Waals surface area (Å²) in [5.74, 6) is 0.402. The van der Waals surface area contributed by atoms with Crippen molar-refractivity contribution in [2.24, 2.45) is 0 Å². The van der Waals surface area contributed by atoms with Gasteiger partial charge in [0.05, 0.1) is 17.7 Å². The number of thiocarbonyl (C=S) groups is 1. The summed E-state index contributed by atoms with van der Waals surface area (Å²) in [6.45, 7) is 0. The van der Waals surface area contributed by atoms with Gasteiger partial charge in [-0.2, -0.15) is 0 Å². The molecule has 1 aliphatic rings. The van der Waals surface area contributed by atoms with Crippen LogP contribution in [-0.2, 0) is 4.79 Å². The molecule has 0 atom stereocenters. The first-order chi connectivity index (χ1) is 11.6. The summed E-state index contributed by atoms with van der Waals surface area (Å²) < 4.78 is 5.78. The van der Waals surface area contributed by atoms with Gasteiger partial charge in [0.25, 0.3) is 5.91 Å². The van der Waals surface area contributed by atoms with Crippen molar-refractivity contribution < 1.29 is 14.3 Å². The number of nitrogens with zero attached hydrogens (tertiary/aromatic N) is 1. The lowest BCUT2D eigenvalue weighted by Crippen LogP contribution is -2.27. The van der Waals surface area contributed by atoms with Gasteiger partial charge in [0.15, 0.2) is 4.32 Å². The molecule has 1 fully saturated rings. The van der Waals surface area contributed by atoms with E-state index >= 15 is 0 Å². The van der Waals surface area contributed by atoms with Crippen molar-refractivity contribution in [1.29, 1.82) is 0 Å². The van der Waals surface area contributed by atoms with E-state index in [2.05, 4.69) is 0 Å². The van der Waals surface area contributed by atoms with Crippen LogP contribution >= 0.6 is 24.0 Å². The second kappa shape index (κ2) is 6.98. The Morgan fingerprint density at radius 1 is 1.08 bits per heavy atom. The molecule has 1 heterocycles. The fraction of sp³-hybridized carbons (Fsp3) is 0.0556. The van der Waals surface area contributed by atoms with Crippen LogP contribution in [0.15, 0.2) is 53.4 Å². The summed E-state index contributed by atoms with van der Waals surface area (Å²) in [5.41, 5.74) is 2.05. The number of ether oxygens (including phenoxy) is 1. The monoisotopic (exact) mass is 355 g/mol. The molecule has 6 heteroatoms. The molecule has 0 spiro atoms. The highest BCUT2D eigenvalue weighted by atomic mass is 32.2. The Bertz CT molecular complexity index is 844. The standard InChI is InChI=1S/C18H13NO3S2/c1-22-15-5-3-2-4-14(15)19-17(21)16(24-18(19)23)10-12-6-8-13(11-20)9-7-12/h2-11H,1H3/b16-10-. The van der Waals surface area contributed by atoms with Crippen LogP contribution in [0.2, 0.25) is 0 Å². The fourth-order valence-corrected chi connectivity index (χ4v) is 3.60. The van der Waals surface area contributed by atoms with Crippen LogP contribution in [0, 0.1) is 0 Å². The minimum absolute atomic E-state index is 0.186. The minimum Gasteiger partial charge on any atom is -0.495 e. The van der Waals surface area contributed by atoms with Crippen LogP contribution in [0.3, 0.4) is 0 Å². The average Bonchev–Trinajstić information content (AvgIpc) is 2.89. The van der Waals surface area contributed by atoms with Gasteiger partial charge in [-0.1, -0.05) is 60.4 Å². The molecule has 0 aliphatic carbocycles. The molecule has 0 unspecified atom stereocenters. The molecule has 120 valence electrons. The van der Waals surface area contributed by atoms with Crippen LogP contribution in [0.1, 0.15) is 15.9 Å². The zero-order valence-corrected chi connectivity index (χ0v) is 14.4. The summed E-state index contributed by atoms with van der Waals surface area (Å²) in [5, 5.41) is 0. The SMILES string of the molecule is COc1ccccc1N1C(=O)/C(=C/c2ccc(C=O)cc2)SC1=S. The lowest BCUT2D eigenvalue weighted by atomic mass is 10.1. The van der Waals surface area contributed by atoms with Gasteiger partial charge in [-0.3, -0.25) is 14.5 Å². The van der Waals surface area contributed by atoms with E-state index < -0.39 is 0 Å². The third-order valence-corrected chi connectivity index (χ3v) is 4.79. The summed E-state index contributed by atoms with van der Waals surface area (Å²) in [7, 11) is 1.56. The topological polar surface area (TPSA) is 46.6 Å². The Morgan fingerprint density at radius 3 is 2.42 bits per heavy atom. The predicted molar refractivity (Wildman–Crippen MR) is 100 cm³/mol. The van der Waals surface area contributed by atoms with E-state index in [0.717, 1.165) is 11.8 Å². The van der Waals surface area contributed by atoms with E-state index in [1.165, 1.54) is 16.7 Å². The van der Waals surface area contributed by atoms with Gasteiger partial charge in [0.2, 0.25) is 0 Å². The molecule has 24 heavy (non-hydrogen) atoms. The second-order valence-electron chi connectivity index (χ2n) is 4.97. The van der Waals surface area contributed by atoms with E-state index in [1.54, 1.807) is 49.6 Å². The van der Waals surface area contributed by atoms with Crippen LogP contribution in [-0.4, -0.2) is 23.6 Å². The van der Waals surface area contributed by atoms with E-state index in [0.29, 0.717) is 26.2 Å². The first-order valence-corrected chi connectivity index (χ1v) is 8.32. The normalized spacial score (nSPS) is 15.9. The first-order valence-electron chi connectivity index (χ1n) is 7.10. The molecular weight excluding hydrogens is 342 g/mol. The number of anilines is 1. The molecule has 1 amide bonds. The second-order valence-corrected chi connectivity index (χ2v) is 6.65. The maximum absolute atomic E-state index is 12.7. The lowest BCUT2D eigenvalue weighted by molar-refractivity contribution is -0.113. The maximum Gasteiger partial charge on any atom is 0.270 e. The predicted octanol–water partition coefficient (Wildman–Crippen LogP) is 3.91. The molecule has 2 aromatic rings. The Balaban J connectivity index is 1.93. The molecule has 0 N–H and O–H groups in total. The van der Waals surface area contributed by atoms with Crippen LogP contribution < -0.4 is 9.64 Å². The number of amides is 1. The third kappa shape index (κ3) is 3.11. The summed E-state index contributed by atoms with van der Waals surface area (Å²) in [6.07, 6.45) is 2.55. The number of thioether (sulfide) groups is 1. The largest absolute Gasteiger partial charge is 0.495 e. The summed E-state index contributed by atoms with van der Waals surface area (Å²) >= 11 is 6.61. The molecule has 1 aliphatic heterocycles. The van der Waals surface area contributed by atoms with Crippen molar-refractivity contribution in [3.63, 3.8) is 0 Å². The molecule has 4 nitrogen and oxygen atoms in total. The number of hydrogen-bond donors (Lipinski definition) is 0. The number of carbonyl (C=O) groups excluding carboxylic acids is 2. The Kier molecular flexibility index (Phi) is 4.78. The molecule has 0 radical (unpaired) electrons. The zero-order chi connectivity index (χ0) is 17.1. The molecule has 0 bridgehead atoms. The number of carbonyl (C=O) groups is 2. The molecule has 0 saturated carbocycles. The number of hydrogen-bond acceptors (Lipinski definition) is 5. The molecule has 3 rings (SSSR count). The van der Waals surface area contributed by atoms with E-state index in [9.17, 15) is 9.59 Å².